The van der Waals surface area contributed by atoms with Gasteiger partial charge in [-0.3, -0.25) is 4.79 Å². The van der Waals surface area contributed by atoms with E-state index in [1.807, 2.05) is 23.1 Å². The van der Waals surface area contributed by atoms with Gasteiger partial charge in [-0.15, -0.1) is 0 Å². The average molecular weight is 310 g/mol. The summed E-state index contributed by atoms with van der Waals surface area (Å²) in [5.74, 6) is 0.157. The molecule has 0 bridgehead atoms. The Morgan fingerprint density at radius 1 is 1.22 bits per heavy atom. The van der Waals surface area contributed by atoms with Crippen LogP contribution in [-0.4, -0.2) is 28.7 Å². The molecule has 1 saturated heterocycles. The fourth-order valence-electron chi connectivity index (χ4n) is 2.54. The van der Waals surface area contributed by atoms with Crippen molar-refractivity contribution in [2.75, 3.05) is 13.1 Å². The molecule has 0 saturated carbocycles. The van der Waals surface area contributed by atoms with E-state index >= 15 is 0 Å². The average Bonchev–Trinajstić information content (AvgIpc) is 2.86. The number of rotatable bonds is 1. The van der Waals surface area contributed by atoms with E-state index < -0.39 is 0 Å². The van der Waals surface area contributed by atoms with Gasteiger partial charge in [-0.25, -0.2) is 0 Å². The van der Waals surface area contributed by atoms with Gasteiger partial charge < -0.3 is 9.64 Å². The highest BCUT2D eigenvalue weighted by Gasteiger charge is 2.23. The molecule has 1 fully saturated rings. The van der Waals surface area contributed by atoms with Crippen LogP contribution in [0.1, 0.15) is 34.3 Å². The minimum Gasteiger partial charge on any atom is -0.372 e. The molecule has 2 aliphatic rings. The lowest BCUT2D eigenvalue weighted by Crippen LogP contribution is -2.38. The van der Waals surface area contributed by atoms with Crippen LogP contribution < -0.4 is 0 Å². The second-order valence-electron chi connectivity index (χ2n) is 4.94. The number of piperidine rings is 1. The summed E-state index contributed by atoms with van der Waals surface area (Å²) in [5, 5.41) is 0. The van der Waals surface area contributed by atoms with Crippen molar-refractivity contribution < 1.29 is 9.53 Å². The molecule has 1 aromatic rings. The summed E-state index contributed by atoms with van der Waals surface area (Å²) in [4.78, 5) is 14.9. The summed E-state index contributed by atoms with van der Waals surface area (Å²) in [6.45, 7) is 3.02. The Morgan fingerprint density at radius 3 is 2.72 bits per heavy atom. The summed E-state index contributed by atoms with van der Waals surface area (Å²) in [6, 6.07) is 5.94. The van der Waals surface area contributed by atoms with E-state index in [4.69, 9.17) is 4.74 Å². The standard InChI is InChI=1S/C14H16BrNO2/c15-13-3-5-16(6-4-13)14(17)10-1-2-11-8-18-9-12(11)7-10/h1-2,7,13H,3-6,8-9H2. The zero-order chi connectivity index (χ0) is 12.5. The van der Waals surface area contributed by atoms with Crippen molar-refractivity contribution >= 4 is 21.8 Å². The molecule has 0 radical (unpaired) electrons. The molecule has 0 aromatic heterocycles. The van der Waals surface area contributed by atoms with Crippen molar-refractivity contribution in [2.24, 2.45) is 0 Å². The van der Waals surface area contributed by atoms with Crippen LogP contribution in [0.4, 0.5) is 0 Å². The van der Waals surface area contributed by atoms with Crippen LogP contribution in [0.2, 0.25) is 0 Å². The number of fused-ring (bicyclic) bond motifs is 1. The molecule has 0 N–H and O–H groups in total. The van der Waals surface area contributed by atoms with E-state index in [1.54, 1.807) is 0 Å². The molecule has 0 spiro atoms. The highest BCUT2D eigenvalue weighted by atomic mass is 79.9. The molecule has 96 valence electrons. The van der Waals surface area contributed by atoms with Crippen molar-refractivity contribution in [2.45, 2.75) is 30.9 Å². The van der Waals surface area contributed by atoms with Crippen LogP contribution in [0.15, 0.2) is 18.2 Å². The molecule has 2 heterocycles. The number of hydrogen-bond donors (Lipinski definition) is 0. The minimum atomic E-state index is 0.157. The summed E-state index contributed by atoms with van der Waals surface area (Å²) in [6.07, 6.45) is 2.08. The monoisotopic (exact) mass is 309 g/mol. The van der Waals surface area contributed by atoms with Gasteiger partial charge in [0.2, 0.25) is 0 Å². The summed E-state index contributed by atoms with van der Waals surface area (Å²) in [7, 11) is 0. The second-order valence-corrected chi connectivity index (χ2v) is 6.24. The molecule has 4 heteroatoms. The van der Waals surface area contributed by atoms with Gasteiger partial charge >= 0.3 is 0 Å². The van der Waals surface area contributed by atoms with Gasteiger partial charge in [-0.05, 0) is 36.1 Å². The zero-order valence-corrected chi connectivity index (χ0v) is 11.8. The lowest BCUT2D eigenvalue weighted by molar-refractivity contribution is 0.0728. The molecule has 18 heavy (non-hydrogen) atoms. The van der Waals surface area contributed by atoms with Crippen molar-refractivity contribution in [3.05, 3.63) is 34.9 Å². The number of nitrogens with zero attached hydrogens (tertiary/aromatic N) is 1. The van der Waals surface area contributed by atoms with Crippen LogP contribution in [0, 0.1) is 0 Å². The summed E-state index contributed by atoms with van der Waals surface area (Å²) in [5.41, 5.74) is 3.18. The molecule has 1 aromatic carbocycles. The molecule has 1 amide bonds. The van der Waals surface area contributed by atoms with Crippen molar-refractivity contribution in [3.63, 3.8) is 0 Å². The normalized spacial score (nSPS) is 19.9. The van der Waals surface area contributed by atoms with Crippen LogP contribution in [0.3, 0.4) is 0 Å². The van der Waals surface area contributed by atoms with Gasteiger partial charge in [-0.2, -0.15) is 0 Å². The Kier molecular flexibility index (Phi) is 3.39. The first-order valence-electron chi connectivity index (χ1n) is 6.37. The Bertz CT molecular complexity index is 467. The number of alkyl halides is 1. The minimum absolute atomic E-state index is 0.157. The van der Waals surface area contributed by atoms with Gasteiger partial charge in [0.25, 0.3) is 5.91 Å². The van der Waals surface area contributed by atoms with E-state index in [1.165, 1.54) is 5.56 Å². The number of likely N-dealkylation sites (tertiary alicyclic amines) is 1. The molecule has 0 unspecified atom stereocenters. The van der Waals surface area contributed by atoms with Crippen LogP contribution in [-0.2, 0) is 18.0 Å². The maximum Gasteiger partial charge on any atom is 0.253 e. The molecule has 0 aliphatic carbocycles. The van der Waals surface area contributed by atoms with Crippen LogP contribution >= 0.6 is 15.9 Å². The highest BCUT2D eigenvalue weighted by molar-refractivity contribution is 9.09. The van der Waals surface area contributed by atoms with Gasteiger partial charge in [0.15, 0.2) is 0 Å². The van der Waals surface area contributed by atoms with Crippen molar-refractivity contribution in [1.82, 2.24) is 4.90 Å². The van der Waals surface area contributed by atoms with Crippen LogP contribution in [0.25, 0.3) is 0 Å². The van der Waals surface area contributed by atoms with E-state index in [0.717, 1.165) is 37.1 Å². The van der Waals surface area contributed by atoms with Crippen molar-refractivity contribution in [1.29, 1.82) is 0 Å². The lowest BCUT2D eigenvalue weighted by Gasteiger charge is -2.29. The van der Waals surface area contributed by atoms with E-state index in [9.17, 15) is 4.79 Å². The van der Waals surface area contributed by atoms with E-state index in [2.05, 4.69) is 15.9 Å². The molecule has 2 aliphatic heterocycles. The first-order valence-corrected chi connectivity index (χ1v) is 7.28. The first kappa shape index (κ1) is 12.2. The Balaban J connectivity index is 1.76. The van der Waals surface area contributed by atoms with Gasteiger partial charge in [-0.1, -0.05) is 22.0 Å². The second kappa shape index (κ2) is 5.02. The predicted octanol–water partition coefficient (Wildman–Crippen LogP) is 2.72. The van der Waals surface area contributed by atoms with Crippen LogP contribution in [0.5, 0.6) is 0 Å². The molecule has 3 nitrogen and oxygen atoms in total. The van der Waals surface area contributed by atoms with Gasteiger partial charge in [0.05, 0.1) is 13.2 Å². The predicted molar refractivity (Wildman–Crippen MR) is 72.8 cm³/mol. The number of hydrogen-bond acceptors (Lipinski definition) is 2. The fraction of sp³-hybridized carbons (Fsp3) is 0.500. The van der Waals surface area contributed by atoms with Gasteiger partial charge in [0, 0.05) is 23.5 Å². The smallest absolute Gasteiger partial charge is 0.253 e. The Labute approximate surface area is 115 Å². The Morgan fingerprint density at radius 2 is 1.94 bits per heavy atom. The number of carbonyl (C=O) groups is 1. The number of carbonyl (C=O) groups excluding carboxylic acids is 1. The van der Waals surface area contributed by atoms with Gasteiger partial charge in [0.1, 0.15) is 0 Å². The summed E-state index contributed by atoms with van der Waals surface area (Å²) < 4.78 is 5.38. The molecule has 0 atom stereocenters. The Hall–Kier alpha value is -0.870. The summed E-state index contributed by atoms with van der Waals surface area (Å²) >= 11 is 3.61. The maximum absolute atomic E-state index is 12.4. The van der Waals surface area contributed by atoms with E-state index in [0.29, 0.717) is 18.0 Å². The zero-order valence-electron chi connectivity index (χ0n) is 10.2. The first-order chi connectivity index (χ1) is 8.74. The molecular weight excluding hydrogens is 294 g/mol. The third-order valence-corrected chi connectivity index (χ3v) is 4.60. The lowest BCUT2D eigenvalue weighted by atomic mass is 10.0. The highest BCUT2D eigenvalue weighted by Crippen LogP contribution is 2.23. The number of ether oxygens (including phenoxy) is 1. The topological polar surface area (TPSA) is 29.5 Å². The van der Waals surface area contributed by atoms with Crippen molar-refractivity contribution in [3.8, 4) is 0 Å². The maximum atomic E-state index is 12.4. The number of benzene rings is 1. The fourth-order valence-corrected chi connectivity index (χ4v) is 2.95. The largest absolute Gasteiger partial charge is 0.372 e. The number of amides is 1. The third kappa shape index (κ3) is 2.31. The molecular formula is C14H16BrNO2. The van der Waals surface area contributed by atoms with E-state index in [-0.39, 0.29) is 5.91 Å². The third-order valence-electron chi connectivity index (χ3n) is 3.68. The molecule has 3 rings (SSSR count). The SMILES string of the molecule is O=C(c1ccc2c(c1)COC2)N1CCC(Br)CC1. The quantitative estimate of drug-likeness (QED) is 0.747. The number of halogens is 1.